The Morgan fingerprint density at radius 1 is 0.927 bits per heavy atom. The van der Waals surface area contributed by atoms with E-state index in [-0.39, 0.29) is 39.0 Å². The predicted octanol–water partition coefficient (Wildman–Crippen LogP) is 5.42. The van der Waals surface area contributed by atoms with E-state index < -0.39 is 46.9 Å². The Kier molecular flexibility index (Phi) is 8.38. The molecule has 1 heterocycles. The molecular weight excluding hydrogens is 574 g/mol. The second kappa shape index (κ2) is 11.8. The Morgan fingerprint density at radius 3 is 2.12 bits per heavy atom. The number of hydrogen-bond donors (Lipinski definition) is 1. The summed E-state index contributed by atoms with van der Waals surface area (Å²) in [5, 5.41) is 2.40. The Labute approximate surface area is 234 Å². The van der Waals surface area contributed by atoms with Crippen molar-refractivity contribution in [3.05, 3.63) is 92.7 Å². The normalized spacial score (nSPS) is 11.0. The second-order valence-electron chi connectivity index (χ2n) is 8.38. The summed E-state index contributed by atoms with van der Waals surface area (Å²) in [5.74, 6) is -4.25. The monoisotopic (exact) mass is 593 g/mol. The molecule has 0 aliphatic heterocycles. The van der Waals surface area contributed by atoms with Crippen LogP contribution in [0.25, 0.3) is 16.9 Å². The summed E-state index contributed by atoms with van der Waals surface area (Å²) in [6.45, 7) is -3.08. The molecule has 9 nitrogen and oxygen atoms in total. The highest BCUT2D eigenvalue weighted by Gasteiger charge is 2.28. The van der Waals surface area contributed by atoms with Crippen LogP contribution in [0.2, 0.25) is 5.02 Å². The highest BCUT2D eigenvalue weighted by atomic mass is 35.5. The smallest absolute Gasteiger partial charge is 0.387 e. The number of anilines is 1. The minimum Gasteiger partial charge on any atom is -0.497 e. The van der Waals surface area contributed by atoms with Gasteiger partial charge in [-0.05, 0) is 42.5 Å². The summed E-state index contributed by atoms with van der Waals surface area (Å²) >= 11 is 6.17. The van der Waals surface area contributed by atoms with Crippen LogP contribution >= 0.6 is 11.6 Å². The van der Waals surface area contributed by atoms with Crippen LogP contribution in [0.3, 0.4) is 0 Å². The van der Waals surface area contributed by atoms with Gasteiger partial charge in [-0.15, -0.1) is 0 Å². The van der Waals surface area contributed by atoms with Crippen LogP contribution in [-0.2, 0) is 11.8 Å². The topological polar surface area (TPSA) is 101 Å². The van der Waals surface area contributed by atoms with Crippen molar-refractivity contribution in [2.75, 3.05) is 19.5 Å². The quantitative estimate of drug-likeness (QED) is 0.216. The molecule has 0 bridgehead atoms. The van der Waals surface area contributed by atoms with Gasteiger partial charge in [-0.2, -0.15) is 8.78 Å². The van der Waals surface area contributed by atoms with Crippen molar-refractivity contribution in [2.24, 2.45) is 7.05 Å². The summed E-state index contributed by atoms with van der Waals surface area (Å²) in [7, 11) is 3.65. The third-order valence-electron chi connectivity index (χ3n) is 5.88. The molecule has 0 saturated carbocycles. The van der Waals surface area contributed by atoms with E-state index in [0.29, 0.717) is 0 Å². The van der Waals surface area contributed by atoms with E-state index in [9.17, 15) is 23.2 Å². The highest BCUT2D eigenvalue weighted by Crippen LogP contribution is 2.34. The van der Waals surface area contributed by atoms with Gasteiger partial charge in [0.15, 0.2) is 0 Å². The molecule has 14 heteroatoms. The average molecular weight is 594 g/mol. The lowest BCUT2D eigenvalue weighted by atomic mass is 10.1. The van der Waals surface area contributed by atoms with Gasteiger partial charge in [-0.1, -0.05) is 11.6 Å². The number of benzene rings is 3. The fraction of sp³-hybridized carbons (Fsp3) is 0.148. The van der Waals surface area contributed by atoms with Crippen molar-refractivity contribution < 1.29 is 41.4 Å². The molecule has 1 N–H and O–H groups in total. The van der Waals surface area contributed by atoms with Crippen molar-refractivity contribution in [2.45, 2.75) is 6.61 Å². The number of esters is 1. The number of nitrogens with zero attached hydrogens (tertiary/aromatic N) is 2. The molecule has 0 unspecified atom stereocenters. The van der Waals surface area contributed by atoms with Gasteiger partial charge in [0.05, 0.1) is 31.0 Å². The number of carbonyl (C=O) groups excluding carboxylic acids is 2. The number of aromatic nitrogens is 2. The summed E-state index contributed by atoms with van der Waals surface area (Å²) in [6.07, 6.45) is 0. The van der Waals surface area contributed by atoms with E-state index in [1.54, 1.807) is 0 Å². The Balaban J connectivity index is 1.92. The van der Waals surface area contributed by atoms with Gasteiger partial charge in [-0.3, -0.25) is 14.3 Å². The fourth-order valence-corrected chi connectivity index (χ4v) is 4.32. The first-order chi connectivity index (χ1) is 19.4. The molecular formula is C27H20ClF4N3O6. The van der Waals surface area contributed by atoms with E-state index in [0.717, 1.165) is 52.9 Å². The Morgan fingerprint density at radius 2 is 1.56 bits per heavy atom. The fourth-order valence-electron chi connectivity index (χ4n) is 4.09. The first-order valence-corrected chi connectivity index (χ1v) is 11.9. The van der Waals surface area contributed by atoms with Crippen LogP contribution in [0.5, 0.6) is 11.5 Å². The van der Waals surface area contributed by atoms with E-state index in [4.69, 9.17) is 21.1 Å². The maximum atomic E-state index is 15.3. The summed E-state index contributed by atoms with van der Waals surface area (Å²) in [6, 6.07) is 10.2. The number of rotatable bonds is 8. The van der Waals surface area contributed by atoms with Crippen LogP contribution in [0.1, 0.15) is 20.7 Å². The minimum atomic E-state index is -3.08. The zero-order chi connectivity index (χ0) is 30.0. The van der Waals surface area contributed by atoms with E-state index in [2.05, 4.69) is 10.1 Å². The summed E-state index contributed by atoms with van der Waals surface area (Å²) in [4.78, 5) is 39.0. The molecule has 0 saturated heterocycles. The van der Waals surface area contributed by atoms with Crippen LogP contribution in [0.15, 0.2) is 59.4 Å². The number of carbonyl (C=O) groups is 2. The number of hydrogen-bond acceptors (Lipinski definition) is 6. The van der Waals surface area contributed by atoms with Crippen LogP contribution < -0.4 is 20.3 Å². The van der Waals surface area contributed by atoms with Gasteiger partial charge < -0.3 is 19.5 Å². The van der Waals surface area contributed by atoms with E-state index >= 15 is 8.78 Å². The van der Waals surface area contributed by atoms with Crippen molar-refractivity contribution >= 4 is 29.2 Å². The molecule has 4 aromatic rings. The molecule has 214 valence electrons. The Hall–Kier alpha value is -4.78. The van der Waals surface area contributed by atoms with E-state index in [1.165, 1.54) is 32.4 Å². The Bertz CT molecular complexity index is 1680. The van der Waals surface area contributed by atoms with Crippen molar-refractivity contribution in [3.63, 3.8) is 0 Å². The third-order valence-corrected chi connectivity index (χ3v) is 6.10. The predicted molar refractivity (Wildman–Crippen MR) is 140 cm³/mol. The largest absolute Gasteiger partial charge is 0.497 e. The molecule has 41 heavy (non-hydrogen) atoms. The molecule has 0 aliphatic rings. The molecule has 4 rings (SSSR count). The van der Waals surface area contributed by atoms with Gasteiger partial charge in [0, 0.05) is 29.8 Å². The number of methoxy groups -OCH3 is 2. The molecule has 0 aliphatic carbocycles. The van der Waals surface area contributed by atoms with Crippen molar-refractivity contribution in [1.29, 1.82) is 0 Å². The maximum Gasteiger partial charge on any atom is 0.387 e. The molecule has 0 spiro atoms. The van der Waals surface area contributed by atoms with Gasteiger partial charge in [0.2, 0.25) is 0 Å². The number of halogens is 5. The molecule has 1 amide bonds. The lowest BCUT2D eigenvalue weighted by Crippen LogP contribution is -2.23. The first-order valence-electron chi connectivity index (χ1n) is 11.6. The van der Waals surface area contributed by atoms with Gasteiger partial charge >= 0.3 is 12.6 Å². The number of nitrogens with one attached hydrogen (secondary N) is 1. The number of ether oxygens (including phenoxy) is 3. The van der Waals surface area contributed by atoms with Crippen molar-refractivity contribution in [1.82, 2.24) is 9.36 Å². The lowest BCUT2D eigenvalue weighted by Gasteiger charge is -2.14. The number of alkyl halides is 2. The molecule has 0 atom stereocenters. The highest BCUT2D eigenvalue weighted by molar-refractivity contribution is 6.31. The standard InChI is InChI=1S/C27H20ClF4N3O6/c1-34-23(21-19(29)11-18(39-2)12-20(21)30)22(33-24(36)13-4-6-17(7-5-13)41-27(31)32)25(37)35(34)16-9-14(26(38)40-3)8-15(28)10-16/h4-12,27H,1-3H3,(H,33,36). The van der Waals surface area contributed by atoms with Gasteiger partial charge in [0.1, 0.15) is 34.5 Å². The zero-order valence-corrected chi connectivity index (χ0v) is 22.3. The van der Waals surface area contributed by atoms with Crippen molar-refractivity contribution in [3.8, 4) is 28.4 Å². The third kappa shape index (κ3) is 5.89. The second-order valence-corrected chi connectivity index (χ2v) is 8.81. The SMILES string of the molecule is COC(=O)c1cc(Cl)cc(-n2c(=O)c(NC(=O)c3ccc(OC(F)F)cc3)c(-c3c(F)cc(OC)cc3F)n2C)c1. The van der Waals surface area contributed by atoms with Gasteiger partial charge in [-0.25, -0.2) is 18.3 Å². The van der Waals surface area contributed by atoms with Crippen LogP contribution in [0.4, 0.5) is 23.2 Å². The maximum absolute atomic E-state index is 15.3. The summed E-state index contributed by atoms with van der Waals surface area (Å²) in [5.41, 5.74) is -2.63. The van der Waals surface area contributed by atoms with E-state index in [1.807, 2.05) is 0 Å². The average Bonchev–Trinajstić information content (AvgIpc) is 3.16. The molecule has 0 radical (unpaired) electrons. The van der Waals surface area contributed by atoms with Gasteiger partial charge in [0.25, 0.3) is 11.5 Å². The summed E-state index contributed by atoms with van der Waals surface area (Å²) < 4.78 is 71.4. The van der Waals surface area contributed by atoms with Crippen LogP contribution in [-0.4, -0.2) is 42.1 Å². The minimum absolute atomic E-state index is 0.00924. The number of amides is 1. The van der Waals surface area contributed by atoms with Crippen LogP contribution in [0, 0.1) is 11.6 Å². The molecule has 0 fully saturated rings. The zero-order valence-electron chi connectivity index (χ0n) is 21.5. The lowest BCUT2D eigenvalue weighted by molar-refractivity contribution is -0.0498. The molecule has 3 aromatic carbocycles. The first kappa shape index (κ1) is 29.2. The molecule has 1 aromatic heterocycles.